The van der Waals surface area contributed by atoms with Gasteiger partial charge in [-0.25, -0.2) is 12.8 Å². The summed E-state index contributed by atoms with van der Waals surface area (Å²) in [5.41, 5.74) is 7.26. The Labute approximate surface area is 181 Å². The molecule has 2 heterocycles. The number of hydrazone groups is 1. The van der Waals surface area contributed by atoms with Crippen LogP contribution in [0.3, 0.4) is 0 Å². The van der Waals surface area contributed by atoms with Gasteiger partial charge >= 0.3 is 0 Å². The first kappa shape index (κ1) is 23.6. The molecule has 0 saturated carbocycles. The van der Waals surface area contributed by atoms with Gasteiger partial charge in [-0.2, -0.15) is 5.10 Å². The van der Waals surface area contributed by atoms with E-state index in [0.29, 0.717) is 16.8 Å². The van der Waals surface area contributed by atoms with E-state index in [9.17, 15) is 17.6 Å². The van der Waals surface area contributed by atoms with Gasteiger partial charge in [-0.05, 0) is 55.5 Å². The van der Waals surface area contributed by atoms with Gasteiger partial charge in [-0.1, -0.05) is 24.3 Å². The summed E-state index contributed by atoms with van der Waals surface area (Å²) in [6.07, 6.45) is 8.90. The van der Waals surface area contributed by atoms with E-state index >= 15 is 0 Å². The molecule has 0 atom stereocenters. The van der Waals surface area contributed by atoms with E-state index in [1.165, 1.54) is 30.2 Å². The molecule has 2 rings (SSSR count). The zero-order valence-corrected chi connectivity index (χ0v) is 18.4. The van der Waals surface area contributed by atoms with Crippen LogP contribution in [0.2, 0.25) is 0 Å². The van der Waals surface area contributed by atoms with Gasteiger partial charge in [-0.15, -0.1) is 0 Å². The van der Waals surface area contributed by atoms with Gasteiger partial charge < -0.3 is 10.6 Å². The number of carbonyl (C=O) groups excluding carboxylic acids is 1. The Hall–Kier alpha value is -2.65. The third-order valence-electron chi connectivity index (χ3n) is 4.31. The van der Waals surface area contributed by atoms with Crippen molar-refractivity contribution in [2.24, 2.45) is 10.8 Å². The highest BCUT2D eigenvalue weighted by Gasteiger charge is 2.32. The van der Waals surface area contributed by atoms with Crippen molar-refractivity contribution >= 4 is 33.1 Å². The topological polar surface area (TPSA) is 96.1 Å². The smallest absolute Gasteiger partial charge is 0.275 e. The molecule has 2 N–H and O–H groups in total. The average Bonchev–Trinajstić information content (AvgIpc) is 3.04. The molecule has 0 unspecified atom stereocenters. The predicted molar refractivity (Wildman–Crippen MR) is 118 cm³/mol. The number of rotatable bonds is 6. The maximum Gasteiger partial charge on any atom is 0.275 e. The molecule has 2 aliphatic rings. The number of hydrogen-bond acceptors (Lipinski definition) is 6. The first-order chi connectivity index (χ1) is 14.1. The van der Waals surface area contributed by atoms with E-state index in [1.54, 1.807) is 24.1 Å². The van der Waals surface area contributed by atoms with Gasteiger partial charge in [0.15, 0.2) is 9.84 Å². The molecular formula is C20H24ClFN4O3S. The molecular weight excluding hydrogens is 431 g/mol. The quantitative estimate of drug-likeness (QED) is 0.622. The van der Waals surface area contributed by atoms with Crippen LogP contribution in [0.4, 0.5) is 4.39 Å². The van der Waals surface area contributed by atoms with E-state index in [-0.39, 0.29) is 35.5 Å². The van der Waals surface area contributed by atoms with E-state index in [2.05, 4.69) is 11.7 Å². The van der Waals surface area contributed by atoms with Crippen LogP contribution in [-0.4, -0.2) is 54.7 Å². The Bertz CT molecular complexity index is 1020. The van der Waals surface area contributed by atoms with E-state index in [0.717, 1.165) is 6.08 Å². The zero-order chi connectivity index (χ0) is 22.5. The monoisotopic (exact) mass is 454 g/mol. The molecule has 0 bridgehead atoms. The van der Waals surface area contributed by atoms with E-state index < -0.39 is 21.6 Å². The summed E-state index contributed by atoms with van der Waals surface area (Å²) < 4.78 is 36.6. The zero-order valence-electron chi connectivity index (χ0n) is 16.8. The van der Waals surface area contributed by atoms with Crippen LogP contribution in [0.5, 0.6) is 0 Å². The molecule has 2 aliphatic heterocycles. The molecule has 1 saturated heterocycles. The van der Waals surface area contributed by atoms with Crippen molar-refractivity contribution in [1.82, 2.24) is 9.91 Å². The first-order valence-corrected chi connectivity index (χ1v) is 11.3. The summed E-state index contributed by atoms with van der Waals surface area (Å²) in [5.74, 6) is -1.39. The van der Waals surface area contributed by atoms with Crippen molar-refractivity contribution in [1.29, 1.82) is 0 Å². The minimum Gasteiger partial charge on any atom is -0.405 e. The molecule has 7 nitrogen and oxygen atoms in total. The number of nitrogens with zero attached hydrogens (tertiary/aromatic N) is 3. The Kier molecular flexibility index (Phi) is 7.80. The van der Waals surface area contributed by atoms with Gasteiger partial charge in [0.2, 0.25) is 0 Å². The Balaban J connectivity index is 2.42. The number of halogens is 2. The van der Waals surface area contributed by atoms with Crippen molar-refractivity contribution in [3.63, 3.8) is 0 Å². The van der Waals surface area contributed by atoms with Gasteiger partial charge in [0.05, 0.1) is 23.8 Å². The van der Waals surface area contributed by atoms with Gasteiger partial charge in [0.1, 0.15) is 11.6 Å². The van der Waals surface area contributed by atoms with Gasteiger partial charge in [0.25, 0.3) is 5.91 Å². The molecule has 1 amide bonds. The maximum absolute atomic E-state index is 13.1. The molecule has 0 spiro atoms. The van der Waals surface area contributed by atoms with Gasteiger partial charge in [0, 0.05) is 11.6 Å². The van der Waals surface area contributed by atoms with Crippen LogP contribution in [0.15, 0.2) is 76.0 Å². The summed E-state index contributed by atoms with van der Waals surface area (Å²) in [6, 6.07) is 0. The highest BCUT2D eigenvalue weighted by atomic mass is 35.5. The second-order valence-corrected chi connectivity index (χ2v) is 9.31. The summed E-state index contributed by atoms with van der Waals surface area (Å²) in [6.45, 7) is 7.39. The average molecular weight is 455 g/mol. The standard InChI is InChI=1S/C20H24ClFN4O3S/c1-4-18(5-6-23)26-12-16(14(2)9-17(21)10-15(3)22)11-19(24-26)20(27)25-7-8-30(28,29)13-25/h4-6,9-11H,2,7-8,12-13,23H2,1,3H3/b6-5-,15-10+,17-9+,18-4+. The number of hydrogen-bond donors (Lipinski definition) is 1. The van der Waals surface area contributed by atoms with Gasteiger partial charge in [-0.3, -0.25) is 9.80 Å². The fraction of sp³-hybridized carbons (Fsp3) is 0.300. The van der Waals surface area contributed by atoms with E-state index in [4.69, 9.17) is 17.3 Å². The molecule has 0 aliphatic carbocycles. The summed E-state index contributed by atoms with van der Waals surface area (Å²) in [4.78, 5) is 14.1. The Morgan fingerprint density at radius 3 is 2.63 bits per heavy atom. The molecule has 162 valence electrons. The number of nitrogens with two attached hydrogens (primary N) is 1. The number of amides is 1. The van der Waals surface area contributed by atoms with Crippen LogP contribution < -0.4 is 5.73 Å². The highest BCUT2D eigenvalue weighted by Crippen LogP contribution is 2.24. The van der Waals surface area contributed by atoms with Crippen LogP contribution in [0, 0.1) is 0 Å². The van der Waals surface area contributed by atoms with Crippen LogP contribution in [0.1, 0.15) is 13.8 Å². The summed E-state index contributed by atoms with van der Waals surface area (Å²) in [7, 11) is -3.29. The minimum absolute atomic E-state index is 0.0565. The van der Waals surface area contributed by atoms with Crippen molar-refractivity contribution in [2.75, 3.05) is 24.7 Å². The molecule has 0 aromatic rings. The molecule has 10 heteroatoms. The SMILES string of the molecule is C=C(/C=C(Cl)\C=C(/C)F)C1=CC(C(=O)N2CCS(=O)(=O)C2)=NN(C(/C=C\N)=C/C)C1. The van der Waals surface area contributed by atoms with Crippen molar-refractivity contribution < 1.29 is 17.6 Å². The second kappa shape index (κ2) is 9.90. The third-order valence-corrected chi connectivity index (χ3v) is 6.04. The lowest BCUT2D eigenvalue weighted by atomic mass is 10.0. The normalized spacial score (nSPS) is 20.5. The Morgan fingerprint density at radius 2 is 2.10 bits per heavy atom. The highest BCUT2D eigenvalue weighted by molar-refractivity contribution is 7.91. The lowest BCUT2D eigenvalue weighted by Crippen LogP contribution is -2.38. The second-order valence-electron chi connectivity index (χ2n) is 6.72. The molecule has 0 aromatic carbocycles. The summed E-state index contributed by atoms with van der Waals surface area (Å²) in [5, 5.41) is 6.07. The largest absolute Gasteiger partial charge is 0.405 e. The van der Waals surface area contributed by atoms with Crippen LogP contribution in [-0.2, 0) is 14.6 Å². The molecule has 0 radical (unpaired) electrons. The lowest BCUT2D eigenvalue weighted by molar-refractivity contribution is -0.122. The minimum atomic E-state index is -3.29. The maximum atomic E-state index is 13.1. The fourth-order valence-corrected chi connectivity index (χ4v) is 4.50. The van der Waals surface area contributed by atoms with Crippen LogP contribution >= 0.6 is 11.6 Å². The first-order valence-electron chi connectivity index (χ1n) is 9.07. The predicted octanol–water partition coefficient (Wildman–Crippen LogP) is 2.73. The number of sulfone groups is 1. The van der Waals surface area contributed by atoms with Crippen molar-refractivity contribution in [3.8, 4) is 0 Å². The third kappa shape index (κ3) is 6.17. The van der Waals surface area contributed by atoms with Crippen molar-refractivity contribution in [3.05, 3.63) is 70.9 Å². The fourth-order valence-electron chi connectivity index (χ4n) is 2.87. The van der Waals surface area contributed by atoms with Crippen molar-refractivity contribution in [2.45, 2.75) is 13.8 Å². The number of carbonyl (C=O) groups is 1. The molecule has 0 aromatic heterocycles. The Morgan fingerprint density at radius 1 is 1.40 bits per heavy atom. The lowest BCUT2D eigenvalue weighted by Gasteiger charge is -2.27. The molecule has 30 heavy (non-hydrogen) atoms. The number of allylic oxidation sites excluding steroid dienone is 6. The van der Waals surface area contributed by atoms with Crippen LogP contribution in [0.25, 0.3) is 0 Å². The summed E-state index contributed by atoms with van der Waals surface area (Å²) >= 11 is 6.03. The molecule has 1 fully saturated rings. The van der Waals surface area contributed by atoms with E-state index in [1.807, 2.05) is 0 Å².